The molecule has 2 rings (SSSR count). The highest BCUT2D eigenvalue weighted by Gasteiger charge is 2.17. The number of nitrogens with zero attached hydrogens (tertiary/aromatic N) is 1. The van der Waals surface area contributed by atoms with Crippen molar-refractivity contribution in [3.63, 3.8) is 0 Å². The molecule has 0 fully saturated rings. The van der Waals surface area contributed by atoms with Crippen molar-refractivity contribution in [3.05, 3.63) is 22.2 Å². The lowest BCUT2D eigenvalue weighted by molar-refractivity contribution is 0.173. The van der Waals surface area contributed by atoms with Crippen molar-refractivity contribution >= 4 is 45.9 Å². The van der Waals surface area contributed by atoms with Crippen molar-refractivity contribution in [1.29, 1.82) is 0 Å². The van der Waals surface area contributed by atoms with Gasteiger partial charge in [0, 0.05) is 6.54 Å². The summed E-state index contributed by atoms with van der Waals surface area (Å²) in [5.74, 6) is 2.62. The molecule has 0 atom stereocenters. The third-order valence-corrected chi connectivity index (χ3v) is 3.54. The molecule has 0 aromatic heterocycles. The van der Waals surface area contributed by atoms with Crippen LogP contribution >= 0.6 is 39.9 Å². The molecule has 0 spiro atoms. The van der Waals surface area contributed by atoms with Gasteiger partial charge in [-0.1, -0.05) is 13.8 Å². The quantitative estimate of drug-likeness (QED) is 0.394. The van der Waals surface area contributed by atoms with E-state index in [0.29, 0.717) is 18.4 Å². The van der Waals surface area contributed by atoms with Gasteiger partial charge >= 0.3 is 0 Å². The summed E-state index contributed by atoms with van der Waals surface area (Å²) in [6.45, 7) is 5.98. The van der Waals surface area contributed by atoms with E-state index in [1.54, 1.807) is 0 Å². The number of nitrogens with one attached hydrogen (secondary N) is 1. The van der Waals surface area contributed by atoms with Crippen LogP contribution in [0.15, 0.2) is 21.6 Å². The van der Waals surface area contributed by atoms with Crippen LogP contribution in [0.5, 0.6) is 11.5 Å². The largest absolute Gasteiger partial charge is 0.454 e. The van der Waals surface area contributed by atoms with Crippen molar-refractivity contribution in [2.75, 3.05) is 13.3 Å². The van der Waals surface area contributed by atoms with E-state index in [1.807, 2.05) is 12.1 Å². The summed E-state index contributed by atoms with van der Waals surface area (Å²) in [4.78, 5) is 4.32. The zero-order chi connectivity index (χ0) is 14.5. The molecule has 0 saturated heterocycles. The number of halogens is 2. The first-order valence-electron chi connectivity index (χ1n) is 6.68. The van der Waals surface area contributed by atoms with Crippen molar-refractivity contribution in [3.8, 4) is 11.5 Å². The first kappa shape index (κ1) is 18.3. The van der Waals surface area contributed by atoms with Crippen LogP contribution in [0, 0.1) is 5.92 Å². The summed E-state index contributed by atoms with van der Waals surface area (Å²) in [6.07, 6.45) is 1.08. The SMILES string of the molecule is CC(C)CCNC(N)=NCc1cc(Br)c2c(c1)OCO2.I. The highest BCUT2D eigenvalue weighted by molar-refractivity contribution is 14.0. The summed E-state index contributed by atoms with van der Waals surface area (Å²) in [5, 5.41) is 3.11. The molecule has 0 unspecified atom stereocenters. The van der Waals surface area contributed by atoms with E-state index >= 15 is 0 Å². The van der Waals surface area contributed by atoms with Crippen molar-refractivity contribution in [1.82, 2.24) is 5.32 Å². The average Bonchev–Trinajstić information content (AvgIpc) is 2.84. The fraction of sp³-hybridized carbons (Fsp3) is 0.500. The molecule has 1 aromatic carbocycles. The van der Waals surface area contributed by atoms with Crippen LogP contribution in [0.3, 0.4) is 0 Å². The first-order chi connectivity index (χ1) is 9.56. The van der Waals surface area contributed by atoms with Crippen molar-refractivity contribution < 1.29 is 9.47 Å². The van der Waals surface area contributed by atoms with Gasteiger partial charge < -0.3 is 20.5 Å². The van der Waals surface area contributed by atoms with Crippen LogP contribution in [0.2, 0.25) is 0 Å². The first-order valence-corrected chi connectivity index (χ1v) is 7.47. The molecule has 0 radical (unpaired) electrons. The normalized spacial score (nSPS) is 13.2. The molecule has 21 heavy (non-hydrogen) atoms. The maximum absolute atomic E-state index is 5.83. The van der Waals surface area contributed by atoms with Gasteiger partial charge in [-0.3, -0.25) is 0 Å². The Bertz CT molecular complexity index is 509. The predicted molar refractivity (Wildman–Crippen MR) is 98.5 cm³/mol. The highest BCUT2D eigenvalue weighted by atomic mass is 127. The average molecular weight is 470 g/mol. The van der Waals surface area contributed by atoms with E-state index in [9.17, 15) is 0 Å². The number of nitrogens with two attached hydrogens (primary N) is 1. The molecular formula is C14H21BrIN3O2. The number of rotatable bonds is 5. The summed E-state index contributed by atoms with van der Waals surface area (Å²) >= 11 is 3.46. The fourth-order valence-corrected chi connectivity index (χ4v) is 2.44. The molecule has 7 heteroatoms. The second kappa shape index (κ2) is 8.67. The standard InChI is InChI=1S/C14H20BrN3O2.HI/c1-9(2)3-4-17-14(16)18-7-10-5-11(15)13-12(6-10)19-8-20-13;/h5-6,9H,3-4,7-8H2,1-2H3,(H3,16,17,18);1H. The Morgan fingerprint density at radius 3 is 2.90 bits per heavy atom. The summed E-state index contributed by atoms with van der Waals surface area (Å²) in [5.41, 5.74) is 6.85. The monoisotopic (exact) mass is 469 g/mol. The third-order valence-electron chi connectivity index (χ3n) is 2.95. The number of hydrogen-bond acceptors (Lipinski definition) is 3. The van der Waals surface area contributed by atoms with Crippen LogP contribution in [-0.2, 0) is 6.54 Å². The van der Waals surface area contributed by atoms with Gasteiger partial charge in [-0.15, -0.1) is 24.0 Å². The predicted octanol–water partition coefficient (Wildman–Crippen LogP) is 3.25. The van der Waals surface area contributed by atoms with Crippen molar-refractivity contribution in [2.24, 2.45) is 16.6 Å². The lowest BCUT2D eigenvalue weighted by Crippen LogP contribution is -2.32. The van der Waals surface area contributed by atoms with Gasteiger partial charge in [0.15, 0.2) is 17.5 Å². The van der Waals surface area contributed by atoms with Gasteiger partial charge in [0.25, 0.3) is 0 Å². The van der Waals surface area contributed by atoms with Gasteiger partial charge in [0.2, 0.25) is 6.79 Å². The maximum atomic E-state index is 5.83. The summed E-state index contributed by atoms with van der Waals surface area (Å²) in [7, 11) is 0. The second-order valence-corrected chi connectivity index (χ2v) is 5.98. The highest BCUT2D eigenvalue weighted by Crippen LogP contribution is 2.40. The molecule has 0 aliphatic carbocycles. The maximum Gasteiger partial charge on any atom is 0.231 e. The summed E-state index contributed by atoms with van der Waals surface area (Å²) in [6, 6.07) is 3.90. The Morgan fingerprint density at radius 1 is 1.43 bits per heavy atom. The fourth-order valence-electron chi connectivity index (χ4n) is 1.83. The summed E-state index contributed by atoms with van der Waals surface area (Å²) < 4.78 is 11.6. The van der Waals surface area contributed by atoms with E-state index in [-0.39, 0.29) is 30.8 Å². The van der Waals surface area contributed by atoms with Gasteiger partial charge in [-0.25, -0.2) is 4.99 Å². The Hall–Kier alpha value is -0.700. The topological polar surface area (TPSA) is 68.9 Å². The lowest BCUT2D eigenvalue weighted by Gasteiger charge is -2.08. The molecule has 0 bridgehead atoms. The van der Waals surface area contributed by atoms with Gasteiger partial charge in [0.1, 0.15) is 0 Å². The lowest BCUT2D eigenvalue weighted by atomic mass is 10.1. The minimum Gasteiger partial charge on any atom is -0.454 e. The molecule has 3 N–H and O–H groups in total. The van der Waals surface area contributed by atoms with E-state index in [0.717, 1.165) is 34.5 Å². The van der Waals surface area contributed by atoms with Gasteiger partial charge in [0.05, 0.1) is 11.0 Å². The number of hydrogen-bond donors (Lipinski definition) is 2. The van der Waals surface area contributed by atoms with E-state index in [2.05, 4.69) is 40.1 Å². The van der Waals surface area contributed by atoms with Gasteiger partial charge in [-0.2, -0.15) is 0 Å². The number of benzene rings is 1. The minimum absolute atomic E-state index is 0. The number of fused-ring (bicyclic) bond motifs is 1. The molecular weight excluding hydrogens is 449 g/mol. The van der Waals surface area contributed by atoms with E-state index in [4.69, 9.17) is 15.2 Å². The molecule has 1 aromatic rings. The van der Waals surface area contributed by atoms with Gasteiger partial charge in [-0.05, 0) is 46.0 Å². The molecule has 1 heterocycles. The molecule has 0 amide bonds. The molecule has 1 aliphatic rings. The Morgan fingerprint density at radius 2 is 2.19 bits per heavy atom. The van der Waals surface area contributed by atoms with Crippen molar-refractivity contribution in [2.45, 2.75) is 26.8 Å². The number of guanidine groups is 1. The zero-order valence-corrected chi connectivity index (χ0v) is 16.1. The Balaban J connectivity index is 0.00000220. The van der Waals surface area contributed by atoms with Crippen LogP contribution in [0.25, 0.3) is 0 Å². The molecule has 0 saturated carbocycles. The van der Waals surface area contributed by atoms with Crippen LogP contribution < -0.4 is 20.5 Å². The molecule has 1 aliphatic heterocycles. The number of aliphatic imine (C=N–C) groups is 1. The minimum atomic E-state index is 0. The Labute approximate surface area is 150 Å². The van der Waals surface area contributed by atoms with Crippen LogP contribution in [0.1, 0.15) is 25.8 Å². The third kappa shape index (κ3) is 5.54. The molecule has 118 valence electrons. The zero-order valence-electron chi connectivity index (χ0n) is 12.2. The van der Waals surface area contributed by atoms with E-state index in [1.165, 1.54) is 0 Å². The van der Waals surface area contributed by atoms with E-state index < -0.39 is 0 Å². The second-order valence-electron chi connectivity index (χ2n) is 5.12. The number of ether oxygens (including phenoxy) is 2. The van der Waals surface area contributed by atoms with Crippen LogP contribution in [-0.4, -0.2) is 19.3 Å². The van der Waals surface area contributed by atoms with Crippen LogP contribution in [0.4, 0.5) is 0 Å². The smallest absolute Gasteiger partial charge is 0.231 e. The Kier molecular flexibility index (Phi) is 7.58. The molecule has 5 nitrogen and oxygen atoms in total.